The van der Waals surface area contributed by atoms with E-state index in [2.05, 4.69) is 15.1 Å². The van der Waals surface area contributed by atoms with E-state index in [-0.39, 0.29) is 6.04 Å². The molecule has 0 aliphatic carbocycles. The summed E-state index contributed by atoms with van der Waals surface area (Å²) in [5, 5.41) is 3.35. The van der Waals surface area contributed by atoms with Crippen molar-refractivity contribution in [1.29, 1.82) is 0 Å². The van der Waals surface area contributed by atoms with Crippen LogP contribution in [0.5, 0.6) is 0 Å². The molecule has 0 aromatic heterocycles. The standard InChI is InChI=1S/C13H23N3O2/c17-13(8-11-10-18-7-3-14-11)16-6-5-15-4-1-2-12(15)9-16/h11-12,14H,1-10H2. The maximum Gasteiger partial charge on any atom is 0.224 e. The van der Waals surface area contributed by atoms with Gasteiger partial charge >= 0.3 is 0 Å². The molecule has 2 unspecified atom stereocenters. The highest BCUT2D eigenvalue weighted by Gasteiger charge is 2.33. The van der Waals surface area contributed by atoms with Crippen LogP contribution in [0.25, 0.3) is 0 Å². The average molecular weight is 253 g/mol. The zero-order chi connectivity index (χ0) is 12.4. The predicted molar refractivity (Wildman–Crippen MR) is 68.4 cm³/mol. The van der Waals surface area contributed by atoms with Gasteiger partial charge in [0.25, 0.3) is 0 Å². The Bertz CT molecular complexity index is 305. The van der Waals surface area contributed by atoms with Crippen LogP contribution in [-0.4, -0.2) is 73.7 Å². The molecule has 3 aliphatic rings. The minimum Gasteiger partial charge on any atom is -0.378 e. The van der Waals surface area contributed by atoms with Crippen molar-refractivity contribution in [2.24, 2.45) is 0 Å². The maximum atomic E-state index is 12.3. The summed E-state index contributed by atoms with van der Waals surface area (Å²) < 4.78 is 5.40. The molecule has 102 valence electrons. The molecule has 2 atom stereocenters. The summed E-state index contributed by atoms with van der Waals surface area (Å²) in [6, 6.07) is 0.839. The first-order valence-corrected chi connectivity index (χ1v) is 7.16. The van der Waals surface area contributed by atoms with E-state index in [1.165, 1.54) is 19.4 Å². The molecule has 0 bridgehead atoms. The summed E-state index contributed by atoms with van der Waals surface area (Å²) in [7, 11) is 0. The van der Waals surface area contributed by atoms with Gasteiger partial charge in [-0.25, -0.2) is 0 Å². The molecule has 3 heterocycles. The fraction of sp³-hybridized carbons (Fsp3) is 0.923. The zero-order valence-corrected chi connectivity index (χ0v) is 10.9. The van der Waals surface area contributed by atoms with Crippen LogP contribution in [0.1, 0.15) is 19.3 Å². The van der Waals surface area contributed by atoms with E-state index in [9.17, 15) is 4.79 Å². The van der Waals surface area contributed by atoms with Gasteiger partial charge in [0.1, 0.15) is 0 Å². The van der Waals surface area contributed by atoms with E-state index in [4.69, 9.17) is 4.74 Å². The molecule has 3 rings (SSSR count). The quantitative estimate of drug-likeness (QED) is 0.732. The number of carbonyl (C=O) groups excluding carboxylic acids is 1. The highest BCUT2D eigenvalue weighted by atomic mass is 16.5. The lowest BCUT2D eigenvalue weighted by Crippen LogP contribution is -2.53. The van der Waals surface area contributed by atoms with Gasteiger partial charge in [0.15, 0.2) is 0 Å². The first-order chi connectivity index (χ1) is 8.83. The monoisotopic (exact) mass is 253 g/mol. The molecule has 0 aromatic rings. The van der Waals surface area contributed by atoms with Crippen LogP contribution in [0.4, 0.5) is 0 Å². The number of carbonyl (C=O) groups is 1. The molecule has 3 aliphatic heterocycles. The first kappa shape index (κ1) is 12.4. The van der Waals surface area contributed by atoms with Crippen LogP contribution in [0.3, 0.4) is 0 Å². The fourth-order valence-electron chi connectivity index (χ4n) is 3.31. The summed E-state index contributed by atoms with van der Waals surface area (Å²) in [5.41, 5.74) is 0. The van der Waals surface area contributed by atoms with Gasteiger partial charge in [0.05, 0.1) is 13.2 Å². The third-order valence-corrected chi connectivity index (χ3v) is 4.36. The van der Waals surface area contributed by atoms with Gasteiger partial charge in [0.2, 0.25) is 5.91 Å². The molecule has 18 heavy (non-hydrogen) atoms. The number of hydrogen-bond donors (Lipinski definition) is 1. The van der Waals surface area contributed by atoms with Gasteiger partial charge in [-0.05, 0) is 19.4 Å². The van der Waals surface area contributed by atoms with E-state index in [0.717, 1.165) is 32.8 Å². The Morgan fingerprint density at radius 3 is 3.11 bits per heavy atom. The van der Waals surface area contributed by atoms with Crippen LogP contribution in [0, 0.1) is 0 Å². The Hall–Kier alpha value is -0.650. The number of piperazine rings is 1. The van der Waals surface area contributed by atoms with E-state index < -0.39 is 0 Å². The number of amides is 1. The zero-order valence-electron chi connectivity index (χ0n) is 10.9. The number of morpholine rings is 1. The number of ether oxygens (including phenoxy) is 1. The molecule has 0 spiro atoms. The van der Waals surface area contributed by atoms with E-state index in [0.29, 0.717) is 25.0 Å². The van der Waals surface area contributed by atoms with E-state index in [1.54, 1.807) is 0 Å². The van der Waals surface area contributed by atoms with Crippen molar-refractivity contribution in [2.75, 3.05) is 45.9 Å². The highest BCUT2D eigenvalue weighted by Crippen LogP contribution is 2.22. The molecule has 3 saturated heterocycles. The summed E-state index contributed by atoms with van der Waals surface area (Å²) in [5.74, 6) is 0.296. The molecule has 5 heteroatoms. The number of hydrogen-bond acceptors (Lipinski definition) is 4. The number of nitrogens with zero attached hydrogens (tertiary/aromatic N) is 2. The van der Waals surface area contributed by atoms with E-state index in [1.807, 2.05) is 0 Å². The Morgan fingerprint density at radius 2 is 2.28 bits per heavy atom. The Balaban J connectivity index is 1.49. The highest BCUT2D eigenvalue weighted by molar-refractivity contribution is 5.77. The normalized spacial score (nSPS) is 33.4. The Labute approximate surface area is 108 Å². The Morgan fingerprint density at radius 1 is 1.33 bits per heavy atom. The van der Waals surface area contributed by atoms with Gasteiger partial charge in [-0.3, -0.25) is 9.69 Å². The summed E-state index contributed by atoms with van der Waals surface area (Å²) in [6.45, 7) is 6.44. The van der Waals surface area contributed by atoms with Crippen molar-refractivity contribution >= 4 is 5.91 Å². The average Bonchev–Trinajstić information content (AvgIpc) is 2.87. The van der Waals surface area contributed by atoms with Crippen molar-refractivity contribution < 1.29 is 9.53 Å². The van der Waals surface area contributed by atoms with Crippen molar-refractivity contribution in [3.05, 3.63) is 0 Å². The van der Waals surface area contributed by atoms with Crippen molar-refractivity contribution in [1.82, 2.24) is 15.1 Å². The molecular weight excluding hydrogens is 230 g/mol. The van der Waals surface area contributed by atoms with Crippen LogP contribution in [-0.2, 0) is 9.53 Å². The smallest absolute Gasteiger partial charge is 0.224 e. The number of nitrogens with one attached hydrogen (secondary N) is 1. The SMILES string of the molecule is O=C(CC1COCCN1)N1CCN2CCCC2C1. The number of fused-ring (bicyclic) bond motifs is 1. The number of rotatable bonds is 2. The van der Waals surface area contributed by atoms with Gasteiger partial charge in [0, 0.05) is 44.7 Å². The molecule has 3 fully saturated rings. The third kappa shape index (κ3) is 2.68. The Kier molecular flexibility index (Phi) is 3.82. The van der Waals surface area contributed by atoms with Gasteiger partial charge in [-0.2, -0.15) is 0 Å². The predicted octanol–water partition coefficient (Wildman–Crippen LogP) is -0.328. The molecule has 0 aromatic carbocycles. The lowest BCUT2D eigenvalue weighted by Gasteiger charge is -2.38. The van der Waals surface area contributed by atoms with Crippen molar-refractivity contribution in [2.45, 2.75) is 31.3 Å². The second-order valence-corrected chi connectivity index (χ2v) is 5.60. The third-order valence-electron chi connectivity index (χ3n) is 4.36. The van der Waals surface area contributed by atoms with Gasteiger partial charge < -0.3 is 15.0 Å². The molecule has 0 saturated carbocycles. The lowest BCUT2D eigenvalue weighted by atomic mass is 10.1. The molecule has 1 amide bonds. The summed E-state index contributed by atoms with van der Waals surface area (Å²) >= 11 is 0. The largest absolute Gasteiger partial charge is 0.378 e. The molecule has 1 N–H and O–H groups in total. The van der Waals surface area contributed by atoms with E-state index >= 15 is 0 Å². The van der Waals surface area contributed by atoms with Gasteiger partial charge in [-0.15, -0.1) is 0 Å². The second-order valence-electron chi connectivity index (χ2n) is 5.60. The second kappa shape index (κ2) is 5.55. The van der Waals surface area contributed by atoms with Crippen LogP contribution in [0.2, 0.25) is 0 Å². The lowest BCUT2D eigenvalue weighted by molar-refractivity contribution is -0.135. The summed E-state index contributed by atoms with van der Waals surface area (Å²) in [4.78, 5) is 16.9. The topological polar surface area (TPSA) is 44.8 Å². The van der Waals surface area contributed by atoms with Crippen LogP contribution < -0.4 is 5.32 Å². The minimum absolute atomic E-state index is 0.216. The van der Waals surface area contributed by atoms with Crippen molar-refractivity contribution in [3.8, 4) is 0 Å². The molecular formula is C13H23N3O2. The van der Waals surface area contributed by atoms with Gasteiger partial charge in [-0.1, -0.05) is 0 Å². The fourth-order valence-corrected chi connectivity index (χ4v) is 3.31. The van der Waals surface area contributed by atoms with Crippen LogP contribution >= 0.6 is 0 Å². The first-order valence-electron chi connectivity index (χ1n) is 7.16. The molecule has 5 nitrogen and oxygen atoms in total. The summed E-state index contributed by atoms with van der Waals surface area (Å²) in [6.07, 6.45) is 3.14. The van der Waals surface area contributed by atoms with Crippen LogP contribution in [0.15, 0.2) is 0 Å². The minimum atomic E-state index is 0.216. The maximum absolute atomic E-state index is 12.3. The molecule has 0 radical (unpaired) electrons. The van der Waals surface area contributed by atoms with Crippen molar-refractivity contribution in [3.63, 3.8) is 0 Å².